The van der Waals surface area contributed by atoms with Crippen molar-refractivity contribution in [3.63, 3.8) is 0 Å². The molecule has 0 saturated carbocycles. The molecular formula is C21H23F3N2O3. The molecule has 2 aromatic rings. The van der Waals surface area contributed by atoms with Gasteiger partial charge in [0.2, 0.25) is 5.88 Å². The molecule has 0 aliphatic carbocycles. The Morgan fingerprint density at radius 2 is 1.97 bits per heavy atom. The van der Waals surface area contributed by atoms with Gasteiger partial charge in [0.05, 0.1) is 12.7 Å². The zero-order valence-electron chi connectivity index (χ0n) is 16.1. The number of methoxy groups -OCH3 is 1. The number of benzene rings is 1. The zero-order valence-corrected chi connectivity index (χ0v) is 16.1. The van der Waals surface area contributed by atoms with Crippen molar-refractivity contribution < 1.29 is 27.8 Å². The van der Waals surface area contributed by atoms with Crippen LogP contribution >= 0.6 is 0 Å². The van der Waals surface area contributed by atoms with Gasteiger partial charge in [-0.15, -0.1) is 0 Å². The summed E-state index contributed by atoms with van der Waals surface area (Å²) in [5, 5.41) is 10.0. The highest BCUT2D eigenvalue weighted by Gasteiger charge is 2.37. The van der Waals surface area contributed by atoms with Gasteiger partial charge in [0.25, 0.3) is 5.91 Å². The Kier molecular flexibility index (Phi) is 6.12. The second-order valence-corrected chi connectivity index (χ2v) is 7.39. The van der Waals surface area contributed by atoms with Crippen molar-refractivity contribution in [2.75, 3.05) is 26.8 Å². The molecule has 8 heteroatoms. The Morgan fingerprint density at radius 3 is 2.59 bits per heavy atom. The number of halogens is 3. The number of aliphatic hydroxyl groups is 1. The van der Waals surface area contributed by atoms with Gasteiger partial charge < -0.3 is 14.7 Å². The van der Waals surface area contributed by atoms with Crippen molar-refractivity contribution in [2.24, 2.45) is 5.41 Å². The molecule has 0 unspecified atom stereocenters. The molecule has 0 atom stereocenters. The van der Waals surface area contributed by atoms with Gasteiger partial charge in [-0.05, 0) is 43.0 Å². The third-order valence-electron chi connectivity index (χ3n) is 5.48. The lowest BCUT2D eigenvalue weighted by Gasteiger charge is -2.41. The number of piperidine rings is 1. The SMILES string of the molecule is COc1ncccc1C(=O)N1CCC(CO)(Cc2cccc(C(F)(F)F)c2)CC1. The molecule has 1 saturated heterocycles. The van der Waals surface area contributed by atoms with Gasteiger partial charge in [-0.25, -0.2) is 4.98 Å². The quantitative estimate of drug-likeness (QED) is 0.822. The predicted octanol–water partition coefficient (Wildman–Crippen LogP) is 3.57. The fourth-order valence-electron chi connectivity index (χ4n) is 3.75. The maximum atomic E-state index is 13.0. The van der Waals surface area contributed by atoms with Crippen LogP contribution in [0.3, 0.4) is 0 Å². The first-order valence-electron chi connectivity index (χ1n) is 9.33. The average molecular weight is 408 g/mol. The lowest BCUT2D eigenvalue weighted by Crippen LogP contribution is -2.45. The van der Waals surface area contributed by atoms with Crippen LogP contribution in [-0.4, -0.2) is 47.7 Å². The van der Waals surface area contributed by atoms with Crippen LogP contribution in [0.25, 0.3) is 0 Å². The van der Waals surface area contributed by atoms with Crippen LogP contribution in [0.4, 0.5) is 13.2 Å². The number of carbonyl (C=O) groups excluding carboxylic acids is 1. The van der Waals surface area contributed by atoms with E-state index in [1.54, 1.807) is 23.1 Å². The van der Waals surface area contributed by atoms with Gasteiger partial charge in [0, 0.05) is 31.3 Å². The summed E-state index contributed by atoms with van der Waals surface area (Å²) in [6.45, 7) is 0.647. The van der Waals surface area contributed by atoms with E-state index in [4.69, 9.17) is 4.74 Å². The summed E-state index contributed by atoms with van der Waals surface area (Å²) in [7, 11) is 1.45. The Labute approximate surface area is 167 Å². The molecule has 1 amide bonds. The molecule has 1 fully saturated rings. The standard InChI is InChI=1S/C21H23F3N2O3/c1-29-18-17(6-3-9-25-18)19(28)26-10-7-20(14-27,8-11-26)13-15-4-2-5-16(12-15)21(22,23)24/h2-6,9,12,27H,7-8,10-11,13-14H2,1H3. The van der Waals surface area contributed by atoms with Gasteiger partial charge in [-0.3, -0.25) is 4.79 Å². The number of hydrogen-bond acceptors (Lipinski definition) is 4. The van der Waals surface area contributed by atoms with Crippen LogP contribution in [0.2, 0.25) is 0 Å². The first kappa shape index (κ1) is 21.1. The van der Waals surface area contributed by atoms with Gasteiger partial charge in [-0.1, -0.05) is 18.2 Å². The highest BCUT2D eigenvalue weighted by Crippen LogP contribution is 2.37. The Hall–Kier alpha value is -2.61. The van der Waals surface area contributed by atoms with E-state index >= 15 is 0 Å². The smallest absolute Gasteiger partial charge is 0.416 e. The average Bonchev–Trinajstić information content (AvgIpc) is 2.73. The van der Waals surface area contributed by atoms with Crippen molar-refractivity contribution in [2.45, 2.75) is 25.4 Å². The lowest BCUT2D eigenvalue weighted by molar-refractivity contribution is -0.137. The molecule has 1 aromatic heterocycles. The summed E-state index contributed by atoms with van der Waals surface area (Å²) < 4.78 is 44.1. The third-order valence-corrected chi connectivity index (χ3v) is 5.48. The molecule has 1 aliphatic heterocycles. The zero-order chi connectivity index (χ0) is 21.1. The van der Waals surface area contributed by atoms with E-state index in [1.165, 1.54) is 19.4 Å². The maximum absolute atomic E-state index is 13.0. The number of aliphatic hydroxyl groups excluding tert-OH is 1. The van der Waals surface area contributed by atoms with Crippen LogP contribution in [0.1, 0.15) is 34.3 Å². The fraction of sp³-hybridized carbons (Fsp3) is 0.429. The van der Waals surface area contributed by atoms with E-state index in [2.05, 4.69) is 4.98 Å². The number of ether oxygens (including phenoxy) is 1. The molecule has 0 spiro atoms. The van der Waals surface area contributed by atoms with E-state index < -0.39 is 17.2 Å². The molecule has 2 heterocycles. The summed E-state index contributed by atoms with van der Waals surface area (Å²) in [5.41, 5.74) is -0.355. The Morgan fingerprint density at radius 1 is 1.24 bits per heavy atom. The normalized spacial score (nSPS) is 16.5. The van der Waals surface area contributed by atoms with Gasteiger partial charge in [-0.2, -0.15) is 13.2 Å². The van der Waals surface area contributed by atoms with Crippen molar-refractivity contribution in [1.29, 1.82) is 0 Å². The molecular weight excluding hydrogens is 385 g/mol. The number of pyridine rings is 1. The fourth-order valence-corrected chi connectivity index (χ4v) is 3.75. The van der Waals surface area contributed by atoms with E-state index in [0.29, 0.717) is 43.5 Å². The molecule has 5 nitrogen and oxygen atoms in total. The predicted molar refractivity (Wildman–Crippen MR) is 101 cm³/mol. The molecule has 0 bridgehead atoms. The molecule has 1 aromatic carbocycles. The minimum Gasteiger partial charge on any atom is -0.480 e. The second kappa shape index (κ2) is 8.41. The van der Waals surface area contributed by atoms with Crippen LogP contribution in [-0.2, 0) is 12.6 Å². The highest BCUT2D eigenvalue weighted by molar-refractivity contribution is 5.96. The van der Waals surface area contributed by atoms with E-state index in [0.717, 1.165) is 12.1 Å². The van der Waals surface area contributed by atoms with Gasteiger partial charge in [0.1, 0.15) is 5.56 Å². The summed E-state index contributed by atoms with van der Waals surface area (Å²) >= 11 is 0. The molecule has 1 aliphatic rings. The first-order chi connectivity index (χ1) is 13.8. The summed E-state index contributed by atoms with van der Waals surface area (Å²) in [6, 6.07) is 8.50. The number of hydrogen-bond donors (Lipinski definition) is 1. The monoisotopic (exact) mass is 408 g/mol. The molecule has 29 heavy (non-hydrogen) atoms. The minimum absolute atomic E-state index is 0.151. The number of carbonyl (C=O) groups is 1. The summed E-state index contributed by atoms with van der Waals surface area (Å²) in [5.74, 6) is 0.0426. The van der Waals surface area contributed by atoms with Crippen molar-refractivity contribution in [3.05, 3.63) is 59.3 Å². The highest BCUT2D eigenvalue weighted by atomic mass is 19.4. The molecule has 1 N–H and O–H groups in total. The number of likely N-dealkylation sites (tertiary alicyclic amines) is 1. The number of nitrogens with zero attached hydrogens (tertiary/aromatic N) is 2. The summed E-state index contributed by atoms with van der Waals surface area (Å²) in [6.07, 6.45) is -1.55. The molecule has 156 valence electrons. The van der Waals surface area contributed by atoms with Gasteiger partial charge >= 0.3 is 6.18 Å². The van der Waals surface area contributed by atoms with Crippen LogP contribution in [0, 0.1) is 5.41 Å². The Balaban J connectivity index is 1.71. The molecule has 3 rings (SSSR count). The minimum atomic E-state index is -4.40. The number of alkyl halides is 3. The van der Waals surface area contributed by atoms with Crippen molar-refractivity contribution in [1.82, 2.24) is 9.88 Å². The van der Waals surface area contributed by atoms with E-state index in [1.807, 2.05) is 0 Å². The van der Waals surface area contributed by atoms with Crippen LogP contribution in [0.5, 0.6) is 5.88 Å². The van der Waals surface area contributed by atoms with Crippen LogP contribution < -0.4 is 4.74 Å². The summed E-state index contributed by atoms with van der Waals surface area (Å²) in [4.78, 5) is 18.5. The molecule has 0 radical (unpaired) electrons. The van der Waals surface area contributed by atoms with E-state index in [-0.39, 0.29) is 18.4 Å². The van der Waals surface area contributed by atoms with Crippen molar-refractivity contribution in [3.8, 4) is 5.88 Å². The maximum Gasteiger partial charge on any atom is 0.416 e. The van der Waals surface area contributed by atoms with Crippen molar-refractivity contribution >= 4 is 5.91 Å². The van der Waals surface area contributed by atoms with E-state index in [9.17, 15) is 23.1 Å². The van der Waals surface area contributed by atoms with Crippen LogP contribution in [0.15, 0.2) is 42.6 Å². The topological polar surface area (TPSA) is 62.7 Å². The first-order valence-corrected chi connectivity index (χ1v) is 9.33. The number of rotatable bonds is 5. The number of aromatic nitrogens is 1. The lowest BCUT2D eigenvalue weighted by atomic mass is 9.74. The second-order valence-electron chi connectivity index (χ2n) is 7.39. The Bertz CT molecular complexity index is 862. The largest absolute Gasteiger partial charge is 0.480 e. The third kappa shape index (κ3) is 4.70. The van der Waals surface area contributed by atoms with Gasteiger partial charge in [0.15, 0.2) is 0 Å². The number of amides is 1.